The molecule has 0 radical (unpaired) electrons. The van der Waals surface area contributed by atoms with Gasteiger partial charge in [0.25, 0.3) is 0 Å². The Morgan fingerprint density at radius 2 is 1.83 bits per heavy atom. The Hall–Kier alpha value is -0.610. The van der Waals surface area contributed by atoms with E-state index in [1.807, 2.05) is 4.90 Å². The van der Waals surface area contributed by atoms with Gasteiger partial charge in [0, 0.05) is 64.8 Å². The van der Waals surface area contributed by atoms with Crippen molar-refractivity contribution in [2.45, 2.75) is 70.9 Å². The zero-order valence-corrected chi connectivity index (χ0v) is 21.0. The van der Waals surface area contributed by atoms with Crippen molar-refractivity contribution in [2.75, 3.05) is 46.5 Å². The van der Waals surface area contributed by atoms with E-state index in [0.29, 0.717) is 18.5 Å². The van der Waals surface area contributed by atoms with E-state index in [2.05, 4.69) is 31.4 Å². The van der Waals surface area contributed by atoms with Crippen molar-refractivity contribution in [3.8, 4) is 0 Å². The number of hydrogen-bond donors (Lipinski definition) is 2. The van der Waals surface area contributed by atoms with Crippen LogP contribution in [0.25, 0.3) is 0 Å². The number of aliphatic imine (C=N–C) groups is 1. The van der Waals surface area contributed by atoms with Crippen LogP contribution < -0.4 is 10.6 Å². The molecule has 0 bridgehead atoms. The van der Waals surface area contributed by atoms with Gasteiger partial charge in [-0.05, 0) is 32.6 Å². The van der Waals surface area contributed by atoms with E-state index in [4.69, 9.17) is 14.5 Å². The summed E-state index contributed by atoms with van der Waals surface area (Å²) in [6, 6.07) is 0.344. The highest BCUT2D eigenvalue weighted by Crippen LogP contribution is 2.24. The lowest BCUT2D eigenvalue weighted by Crippen LogP contribution is -2.51. The van der Waals surface area contributed by atoms with Crippen molar-refractivity contribution in [3.63, 3.8) is 0 Å². The van der Waals surface area contributed by atoms with Crippen LogP contribution in [0, 0.1) is 5.92 Å². The minimum Gasteiger partial charge on any atom is -0.381 e. The minimum absolute atomic E-state index is 0. The molecule has 0 aromatic carbocycles. The molecule has 1 amide bonds. The molecule has 0 aromatic heterocycles. The summed E-state index contributed by atoms with van der Waals surface area (Å²) in [6.07, 6.45) is 5.53. The molecule has 0 aromatic rings. The zero-order chi connectivity index (χ0) is 20.4. The van der Waals surface area contributed by atoms with E-state index in [0.717, 1.165) is 77.3 Å². The summed E-state index contributed by atoms with van der Waals surface area (Å²) >= 11 is 0. The second-order valence-corrected chi connectivity index (χ2v) is 7.95. The van der Waals surface area contributed by atoms with Crippen LogP contribution in [0.1, 0.15) is 59.3 Å². The van der Waals surface area contributed by atoms with Crippen LogP contribution in [0.15, 0.2) is 4.99 Å². The molecular formula is C21H41IN4O3. The number of guanidine groups is 1. The maximum atomic E-state index is 12.6. The maximum Gasteiger partial charge on any atom is 0.225 e. The van der Waals surface area contributed by atoms with Gasteiger partial charge in [0.05, 0.1) is 12.1 Å². The molecule has 2 rings (SSSR count). The van der Waals surface area contributed by atoms with Crippen molar-refractivity contribution >= 4 is 35.8 Å². The van der Waals surface area contributed by atoms with Gasteiger partial charge >= 0.3 is 0 Å². The first kappa shape index (κ1) is 26.4. The summed E-state index contributed by atoms with van der Waals surface area (Å²) in [6.45, 7) is 10.9. The Morgan fingerprint density at radius 3 is 2.34 bits per heavy atom. The maximum absolute atomic E-state index is 12.6. The van der Waals surface area contributed by atoms with Gasteiger partial charge in [-0.3, -0.25) is 9.79 Å². The molecule has 2 N–H and O–H groups in total. The molecule has 170 valence electrons. The molecular weight excluding hydrogens is 483 g/mol. The van der Waals surface area contributed by atoms with Crippen molar-refractivity contribution in [3.05, 3.63) is 0 Å². The number of methoxy groups -OCH3 is 1. The Bertz CT molecular complexity index is 500. The highest BCUT2D eigenvalue weighted by Gasteiger charge is 2.32. The Balaban J connectivity index is 0.00000420. The molecule has 2 aliphatic heterocycles. The van der Waals surface area contributed by atoms with Crippen LogP contribution in [-0.4, -0.2) is 74.9 Å². The predicted octanol–water partition coefficient (Wildman–Crippen LogP) is 2.78. The van der Waals surface area contributed by atoms with Gasteiger partial charge in [-0.1, -0.05) is 13.8 Å². The molecule has 2 aliphatic rings. The van der Waals surface area contributed by atoms with Gasteiger partial charge in [0.15, 0.2) is 5.96 Å². The van der Waals surface area contributed by atoms with E-state index in [1.165, 1.54) is 0 Å². The molecule has 8 heteroatoms. The first-order valence-corrected chi connectivity index (χ1v) is 11.0. The summed E-state index contributed by atoms with van der Waals surface area (Å²) in [7, 11) is 1.77. The third-order valence-corrected chi connectivity index (χ3v) is 6.19. The molecule has 0 unspecified atom stereocenters. The van der Waals surface area contributed by atoms with Crippen LogP contribution >= 0.6 is 24.0 Å². The SMILES string of the molecule is CCNC(=NCC1(OC)CCOCC1)NC1CCN(C(=O)C(CC)CC)CC1.I. The number of ether oxygens (including phenoxy) is 2. The zero-order valence-electron chi connectivity index (χ0n) is 18.7. The standard InChI is InChI=1S/C21H40N4O3.HI/c1-5-17(6-2)19(26)25-12-8-18(9-13-25)24-20(22-7-3)23-16-21(27-4)10-14-28-15-11-21;/h17-18H,5-16H2,1-4H3,(H2,22,23,24);1H. The number of carbonyl (C=O) groups is 1. The average Bonchev–Trinajstić information content (AvgIpc) is 2.74. The Morgan fingerprint density at radius 1 is 1.21 bits per heavy atom. The summed E-state index contributed by atoms with van der Waals surface area (Å²) < 4.78 is 11.3. The van der Waals surface area contributed by atoms with E-state index in [-0.39, 0.29) is 35.5 Å². The fraction of sp³-hybridized carbons (Fsp3) is 0.905. The molecule has 0 saturated carbocycles. The van der Waals surface area contributed by atoms with Gasteiger partial charge in [-0.25, -0.2) is 0 Å². The van der Waals surface area contributed by atoms with Crippen molar-refractivity contribution in [1.29, 1.82) is 0 Å². The van der Waals surface area contributed by atoms with E-state index < -0.39 is 0 Å². The number of nitrogens with one attached hydrogen (secondary N) is 2. The molecule has 2 fully saturated rings. The summed E-state index contributed by atoms with van der Waals surface area (Å²) in [5, 5.41) is 6.92. The largest absolute Gasteiger partial charge is 0.381 e. The van der Waals surface area contributed by atoms with Gasteiger partial charge in [0.2, 0.25) is 5.91 Å². The molecule has 0 spiro atoms. The topological polar surface area (TPSA) is 75.2 Å². The number of carbonyl (C=O) groups excluding carboxylic acids is 1. The number of likely N-dealkylation sites (tertiary alicyclic amines) is 1. The summed E-state index contributed by atoms with van der Waals surface area (Å²) in [4.78, 5) is 19.4. The number of hydrogen-bond acceptors (Lipinski definition) is 4. The van der Waals surface area contributed by atoms with Crippen LogP contribution in [0.2, 0.25) is 0 Å². The smallest absolute Gasteiger partial charge is 0.225 e. The highest BCUT2D eigenvalue weighted by atomic mass is 127. The average molecular weight is 524 g/mol. The van der Waals surface area contributed by atoms with E-state index in [9.17, 15) is 4.79 Å². The summed E-state index contributed by atoms with van der Waals surface area (Å²) in [5.41, 5.74) is -0.217. The molecule has 0 atom stereocenters. The highest BCUT2D eigenvalue weighted by molar-refractivity contribution is 14.0. The first-order valence-electron chi connectivity index (χ1n) is 11.0. The van der Waals surface area contributed by atoms with Crippen molar-refractivity contribution < 1.29 is 14.3 Å². The lowest BCUT2D eigenvalue weighted by molar-refractivity contribution is -0.136. The lowest BCUT2D eigenvalue weighted by Gasteiger charge is -2.36. The monoisotopic (exact) mass is 524 g/mol. The normalized spacial score (nSPS) is 20.3. The van der Waals surface area contributed by atoms with Gasteiger partial charge in [-0.2, -0.15) is 0 Å². The second kappa shape index (κ2) is 13.6. The van der Waals surface area contributed by atoms with Crippen LogP contribution in [0.5, 0.6) is 0 Å². The third kappa shape index (κ3) is 7.86. The lowest BCUT2D eigenvalue weighted by atomic mass is 9.94. The molecule has 0 aliphatic carbocycles. The third-order valence-electron chi connectivity index (χ3n) is 6.19. The summed E-state index contributed by atoms with van der Waals surface area (Å²) in [5.74, 6) is 1.34. The Labute approximate surface area is 193 Å². The van der Waals surface area contributed by atoms with Crippen molar-refractivity contribution in [1.82, 2.24) is 15.5 Å². The van der Waals surface area contributed by atoms with Crippen LogP contribution in [0.3, 0.4) is 0 Å². The van der Waals surface area contributed by atoms with Crippen LogP contribution in [-0.2, 0) is 14.3 Å². The quantitative estimate of drug-likeness (QED) is 0.290. The number of piperidine rings is 1. The van der Waals surface area contributed by atoms with Gasteiger partial charge < -0.3 is 25.0 Å². The number of rotatable bonds is 8. The minimum atomic E-state index is -0.217. The first-order chi connectivity index (χ1) is 13.6. The Kier molecular flexibility index (Phi) is 12.4. The van der Waals surface area contributed by atoms with Crippen molar-refractivity contribution in [2.24, 2.45) is 10.9 Å². The molecule has 29 heavy (non-hydrogen) atoms. The van der Waals surface area contributed by atoms with E-state index in [1.54, 1.807) is 7.11 Å². The molecule has 2 heterocycles. The fourth-order valence-electron chi connectivity index (χ4n) is 4.05. The molecule has 2 saturated heterocycles. The predicted molar refractivity (Wildman–Crippen MR) is 128 cm³/mol. The molecule has 7 nitrogen and oxygen atoms in total. The number of nitrogens with zero attached hydrogens (tertiary/aromatic N) is 2. The number of amides is 1. The van der Waals surface area contributed by atoms with Crippen LogP contribution in [0.4, 0.5) is 0 Å². The van der Waals surface area contributed by atoms with Gasteiger partial charge in [-0.15, -0.1) is 24.0 Å². The second-order valence-electron chi connectivity index (χ2n) is 7.95. The number of halogens is 1. The fourth-order valence-corrected chi connectivity index (χ4v) is 4.05. The van der Waals surface area contributed by atoms with Gasteiger partial charge in [0.1, 0.15) is 0 Å². The van der Waals surface area contributed by atoms with E-state index >= 15 is 0 Å².